The topological polar surface area (TPSA) is 0 Å². The van der Waals surface area contributed by atoms with E-state index in [9.17, 15) is 0 Å². The fraction of sp³-hybridized carbons (Fsp3) is 1.00. The second kappa shape index (κ2) is 4.35. The minimum Gasteiger partial charge on any atom is -0.0499 e. The Morgan fingerprint density at radius 2 is 1.08 bits per heavy atom. The van der Waals surface area contributed by atoms with Crippen LogP contribution >= 0.6 is 0 Å². The summed E-state index contributed by atoms with van der Waals surface area (Å²) in [6, 6.07) is 0. The molecule has 0 N–H and O–H groups in total. The molecule has 9 aliphatic carbocycles. The molecule has 0 aromatic rings. The average molecular weight is 337 g/mol. The molecule has 1 spiro atoms. The van der Waals surface area contributed by atoms with Gasteiger partial charge in [0, 0.05) is 0 Å². The third-order valence-corrected chi connectivity index (χ3v) is 12.8. The summed E-state index contributed by atoms with van der Waals surface area (Å²) in [4.78, 5) is 0. The van der Waals surface area contributed by atoms with E-state index in [4.69, 9.17) is 0 Å². The van der Waals surface area contributed by atoms with E-state index in [-0.39, 0.29) is 0 Å². The molecule has 0 amide bonds. The molecule has 2 bridgehead atoms. The summed E-state index contributed by atoms with van der Waals surface area (Å²) in [6.07, 6.45) is 19.8. The van der Waals surface area contributed by atoms with Crippen molar-refractivity contribution in [3.05, 3.63) is 0 Å². The molecule has 13 atom stereocenters. The summed E-state index contributed by atoms with van der Waals surface area (Å²) < 4.78 is 0. The van der Waals surface area contributed by atoms with Crippen molar-refractivity contribution in [2.45, 2.75) is 77.0 Å². The molecule has 0 aliphatic heterocycles. The molecule has 0 aromatic heterocycles. The largest absolute Gasteiger partial charge is 0.0499 e. The van der Waals surface area contributed by atoms with Crippen molar-refractivity contribution in [3.63, 3.8) is 0 Å². The summed E-state index contributed by atoms with van der Waals surface area (Å²) in [7, 11) is 0. The van der Waals surface area contributed by atoms with E-state index in [0.29, 0.717) is 0 Å². The maximum atomic E-state index is 1.71. The molecule has 0 nitrogen and oxygen atoms in total. The molecule has 0 heterocycles. The van der Waals surface area contributed by atoms with Crippen LogP contribution in [0, 0.1) is 76.4 Å². The summed E-state index contributed by atoms with van der Waals surface area (Å²) in [6.45, 7) is 0. The molecule has 9 aliphatic rings. The lowest BCUT2D eigenvalue weighted by molar-refractivity contribution is -0.329. The van der Waals surface area contributed by atoms with E-state index in [1.54, 1.807) is 77.0 Å². The van der Waals surface area contributed by atoms with Gasteiger partial charge in [-0.05, 0) is 153 Å². The van der Waals surface area contributed by atoms with E-state index >= 15 is 0 Å². The third kappa shape index (κ3) is 1.37. The Hall–Kier alpha value is 0. The van der Waals surface area contributed by atoms with Crippen LogP contribution in [-0.2, 0) is 0 Å². The average Bonchev–Trinajstić information content (AvgIpc) is 2.49. The maximum absolute atomic E-state index is 1.71. The monoisotopic (exact) mass is 336 g/mol. The SMILES string of the molecule is C1CC2C1CC1CCC1C1CC3CC4CC(C5CCC25)C2CCC2C431. The lowest BCUT2D eigenvalue weighted by Crippen LogP contribution is -2.75. The highest BCUT2D eigenvalue weighted by molar-refractivity contribution is 5.24. The quantitative estimate of drug-likeness (QED) is 0.497. The number of hydrogen-bond acceptors (Lipinski definition) is 0. The second-order valence-electron chi connectivity index (χ2n) is 12.4. The van der Waals surface area contributed by atoms with Crippen molar-refractivity contribution in [1.29, 1.82) is 0 Å². The molecule has 0 saturated heterocycles. The highest BCUT2D eigenvalue weighted by Gasteiger charge is 2.76. The van der Waals surface area contributed by atoms with Crippen LogP contribution in [0.4, 0.5) is 0 Å². The van der Waals surface area contributed by atoms with Crippen LogP contribution in [0.15, 0.2) is 0 Å². The molecular weight excluding hydrogens is 300 g/mol. The summed E-state index contributed by atoms with van der Waals surface area (Å²) in [5.41, 5.74) is 0.945. The molecule has 0 aromatic carbocycles. The normalized spacial score (nSPS) is 71.0. The number of hydrogen-bond donors (Lipinski definition) is 0. The lowest BCUT2D eigenvalue weighted by atomic mass is 9.23. The predicted octanol–water partition coefficient (Wildman–Crippen LogP) is 6.16. The molecule has 13 unspecified atom stereocenters. The van der Waals surface area contributed by atoms with Crippen molar-refractivity contribution in [2.24, 2.45) is 76.4 Å². The molecule has 0 heteroatoms. The maximum Gasteiger partial charge on any atom is -0.0178 e. The Morgan fingerprint density at radius 1 is 0.400 bits per heavy atom. The van der Waals surface area contributed by atoms with E-state index < -0.39 is 0 Å². The van der Waals surface area contributed by atoms with Crippen molar-refractivity contribution >= 4 is 0 Å². The minimum absolute atomic E-state index is 0.945. The number of rotatable bonds is 0. The van der Waals surface area contributed by atoms with Gasteiger partial charge < -0.3 is 0 Å². The predicted molar refractivity (Wildman–Crippen MR) is 99.7 cm³/mol. The van der Waals surface area contributed by atoms with Crippen LogP contribution in [0.3, 0.4) is 0 Å². The summed E-state index contributed by atoms with van der Waals surface area (Å²) >= 11 is 0. The first-order chi connectivity index (χ1) is 12.4. The van der Waals surface area contributed by atoms with Gasteiger partial charge in [0.05, 0.1) is 0 Å². The minimum atomic E-state index is 0.945. The fourth-order valence-corrected chi connectivity index (χ4v) is 11.4. The van der Waals surface area contributed by atoms with Crippen LogP contribution in [0.2, 0.25) is 0 Å². The van der Waals surface area contributed by atoms with Crippen molar-refractivity contribution in [1.82, 2.24) is 0 Å². The Bertz CT molecular complexity index is 620. The zero-order chi connectivity index (χ0) is 15.9. The fourth-order valence-electron chi connectivity index (χ4n) is 11.4. The highest BCUT2D eigenvalue weighted by atomic mass is 14.8. The summed E-state index contributed by atoms with van der Waals surface area (Å²) in [5.74, 6) is 14.5. The van der Waals surface area contributed by atoms with Crippen LogP contribution in [0.1, 0.15) is 77.0 Å². The van der Waals surface area contributed by atoms with Gasteiger partial charge in [0.2, 0.25) is 0 Å². The van der Waals surface area contributed by atoms with E-state index in [1.165, 1.54) is 71.0 Å². The van der Waals surface area contributed by atoms with Crippen LogP contribution in [0.25, 0.3) is 0 Å². The smallest absolute Gasteiger partial charge is 0.0178 e. The van der Waals surface area contributed by atoms with Crippen molar-refractivity contribution in [3.8, 4) is 0 Å². The zero-order valence-electron chi connectivity index (χ0n) is 15.9. The highest BCUT2D eigenvalue weighted by Crippen LogP contribution is 2.83. The van der Waals surface area contributed by atoms with Gasteiger partial charge in [-0.1, -0.05) is 0 Å². The molecule has 9 fully saturated rings. The van der Waals surface area contributed by atoms with Crippen molar-refractivity contribution < 1.29 is 0 Å². The standard InChI is InChI=1S/C25H36/c1-3-17-13(1)9-14-2-4-18(14)24-12-16-10-15-11-22(20-6-5-19(17)20)21-7-8-23(21)25(15,16)24/h13-24H,1-12H2. The third-order valence-electron chi connectivity index (χ3n) is 12.8. The Kier molecular flexibility index (Phi) is 2.45. The Morgan fingerprint density at radius 3 is 1.72 bits per heavy atom. The van der Waals surface area contributed by atoms with Crippen LogP contribution < -0.4 is 0 Å². The first kappa shape index (κ1) is 14.1. The van der Waals surface area contributed by atoms with Crippen LogP contribution in [0.5, 0.6) is 0 Å². The first-order valence-electron chi connectivity index (χ1n) is 12.4. The van der Waals surface area contributed by atoms with E-state index in [1.807, 2.05) is 0 Å². The van der Waals surface area contributed by atoms with Crippen LogP contribution in [-0.4, -0.2) is 0 Å². The molecule has 9 saturated carbocycles. The van der Waals surface area contributed by atoms with Crippen molar-refractivity contribution in [2.75, 3.05) is 0 Å². The Balaban J connectivity index is 1.23. The zero-order valence-corrected chi connectivity index (χ0v) is 15.9. The van der Waals surface area contributed by atoms with Gasteiger partial charge in [0.15, 0.2) is 0 Å². The van der Waals surface area contributed by atoms with Gasteiger partial charge in [-0.2, -0.15) is 0 Å². The Labute approximate surface area is 153 Å². The van der Waals surface area contributed by atoms with E-state index in [2.05, 4.69) is 0 Å². The molecule has 9 rings (SSSR count). The molecular formula is C25H36. The lowest BCUT2D eigenvalue weighted by Gasteiger charge is -2.81. The van der Waals surface area contributed by atoms with Gasteiger partial charge in [-0.3, -0.25) is 0 Å². The van der Waals surface area contributed by atoms with Gasteiger partial charge >= 0.3 is 0 Å². The van der Waals surface area contributed by atoms with Gasteiger partial charge in [0.25, 0.3) is 0 Å². The van der Waals surface area contributed by atoms with Gasteiger partial charge in [0.1, 0.15) is 0 Å². The second-order valence-corrected chi connectivity index (χ2v) is 12.4. The van der Waals surface area contributed by atoms with E-state index in [0.717, 1.165) is 5.41 Å². The van der Waals surface area contributed by atoms with Gasteiger partial charge in [-0.25, -0.2) is 0 Å². The van der Waals surface area contributed by atoms with Gasteiger partial charge in [-0.15, -0.1) is 0 Å². The summed E-state index contributed by atoms with van der Waals surface area (Å²) in [5, 5.41) is 0. The first-order valence-corrected chi connectivity index (χ1v) is 12.4. The molecule has 0 radical (unpaired) electrons. The molecule has 136 valence electrons. The molecule has 25 heavy (non-hydrogen) atoms.